The maximum absolute atomic E-state index is 12.0. The van der Waals surface area contributed by atoms with Crippen molar-refractivity contribution in [3.8, 4) is 21.9 Å². The third-order valence-electron chi connectivity index (χ3n) is 5.82. The molecule has 0 amide bonds. The van der Waals surface area contributed by atoms with Gasteiger partial charge in [-0.25, -0.2) is 14.5 Å². The van der Waals surface area contributed by atoms with E-state index in [2.05, 4.69) is 24.1 Å². The highest BCUT2D eigenvalue weighted by atomic mass is 32.1. The van der Waals surface area contributed by atoms with Crippen LogP contribution in [0.2, 0.25) is 0 Å². The molecule has 0 spiro atoms. The van der Waals surface area contributed by atoms with Gasteiger partial charge in [0.15, 0.2) is 5.82 Å². The Hall–Kier alpha value is -3.65. The number of benzene rings is 1. The van der Waals surface area contributed by atoms with Crippen LogP contribution in [0.15, 0.2) is 60.1 Å². The third-order valence-corrected chi connectivity index (χ3v) is 6.73. The van der Waals surface area contributed by atoms with Crippen LogP contribution < -0.4 is 10.1 Å². The Morgan fingerprint density at radius 2 is 2.09 bits per heavy atom. The normalized spacial score (nSPS) is 13.2. The van der Waals surface area contributed by atoms with E-state index in [9.17, 15) is 9.90 Å². The van der Waals surface area contributed by atoms with Crippen molar-refractivity contribution >= 4 is 28.9 Å². The Labute approximate surface area is 208 Å². The highest BCUT2D eigenvalue weighted by molar-refractivity contribution is 7.13. The Bertz CT molecular complexity index is 1330. The third kappa shape index (κ3) is 5.54. The van der Waals surface area contributed by atoms with Gasteiger partial charge in [-0.15, -0.1) is 16.4 Å². The fraction of sp³-hybridized carbons (Fsp3) is 0.296. The number of carbonyl (C=O) groups is 1. The van der Waals surface area contributed by atoms with E-state index in [0.29, 0.717) is 17.7 Å². The van der Waals surface area contributed by atoms with Crippen molar-refractivity contribution in [2.24, 2.45) is 11.8 Å². The lowest BCUT2D eigenvalue weighted by atomic mass is 10.1. The van der Waals surface area contributed by atoms with Gasteiger partial charge in [-0.1, -0.05) is 26.0 Å². The van der Waals surface area contributed by atoms with Crippen molar-refractivity contribution in [1.82, 2.24) is 14.8 Å². The number of ether oxygens (including phenoxy) is 1. The molecular weight excluding hydrogens is 460 g/mol. The molecule has 1 aliphatic rings. The summed E-state index contributed by atoms with van der Waals surface area (Å²) < 4.78 is 7.86. The Morgan fingerprint density at radius 3 is 2.80 bits per heavy atom. The van der Waals surface area contributed by atoms with Crippen LogP contribution in [-0.2, 0) is 6.42 Å². The second-order valence-electron chi connectivity index (χ2n) is 9.31. The van der Waals surface area contributed by atoms with Gasteiger partial charge < -0.3 is 15.2 Å². The lowest BCUT2D eigenvalue weighted by Crippen LogP contribution is -2.07. The van der Waals surface area contributed by atoms with E-state index in [1.165, 1.54) is 12.8 Å². The second-order valence-corrected chi connectivity index (χ2v) is 10.3. The summed E-state index contributed by atoms with van der Waals surface area (Å²) in [5.74, 6) is 1.70. The SMILES string of the molecule is CC(C)Cc1cc(Nc2ncc(-c3cccs3)cc2C(=O)O)nn1-c1cccc(OCC2CC2)c1. The van der Waals surface area contributed by atoms with Gasteiger partial charge in [-0.3, -0.25) is 0 Å². The molecule has 5 rings (SSSR count). The molecule has 7 nitrogen and oxygen atoms in total. The van der Waals surface area contributed by atoms with Gasteiger partial charge in [0.25, 0.3) is 0 Å². The predicted molar refractivity (Wildman–Crippen MR) is 138 cm³/mol. The minimum absolute atomic E-state index is 0.103. The van der Waals surface area contributed by atoms with Gasteiger partial charge in [0.2, 0.25) is 0 Å². The summed E-state index contributed by atoms with van der Waals surface area (Å²) in [6.45, 7) is 5.07. The molecule has 1 aliphatic carbocycles. The van der Waals surface area contributed by atoms with Crippen LogP contribution in [0.1, 0.15) is 42.7 Å². The number of nitrogens with one attached hydrogen (secondary N) is 1. The molecule has 0 aliphatic heterocycles. The molecular formula is C27H28N4O3S. The lowest BCUT2D eigenvalue weighted by molar-refractivity contribution is 0.0697. The van der Waals surface area contributed by atoms with Crippen LogP contribution in [0.4, 0.5) is 11.6 Å². The number of hydrogen-bond donors (Lipinski definition) is 2. The molecule has 0 atom stereocenters. The van der Waals surface area contributed by atoms with E-state index in [1.54, 1.807) is 23.6 Å². The number of aromatic nitrogens is 3. The predicted octanol–water partition coefficient (Wildman–Crippen LogP) is 6.42. The number of hydrogen-bond acceptors (Lipinski definition) is 6. The van der Waals surface area contributed by atoms with Crippen LogP contribution in [0.25, 0.3) is 16.1 Å². The number of rotatable bonds is 10. The van der Waals surface area contributed by atoms with Crippen LogP contribution in [0.3, 0.4) is 0 Å². The highest BCUT2D eigenvalue weighted by Gasteiger charge is 2.22. The number of thiophene rings is 1. The van der Waals surface area contributed by atoms with Crippen molar-refractivity contribution in [2.45, 2.75) is 33.1 Å². The first-order valence-electron chi connectivity index (χ1n) is 11.8. The molecule has 3 heterocycles. The number of anilines is 2. The molecule has 0 bridgehead atoms. The van der Waals surface area contributed by atoms with Crippen LogP contribution >= 0.6 is 11.3 Å². The molecule has 1 aromatic carbocycles. The van der Waals surface area contributed by atoms with Gasteiger partial charge in [0.05, 0.1) is 12.3 Å². The minimum atomic E-state index is -1.04. The summed E-state index contributed by atoms with van der Waals surface area (Å²) in [6, 6.07) is 15.4. The smallest absolute Gasteiger partial charge is 0.339 e. The average molecular weight is 489 g/mol. The Kier molecular flexibility index (Phi) is 6.55. The first kappa shape index (κ1) is 23.1. The van der Waals surface area contributed by atoms with Crippen LogP contribution in [-0.4, -0.2) is 32.4 Å². The maximum atomic E-state index is 12.0. The van der Waals surface area contributed by atoms with Crippen molar-refractivity contribution in [2.75, 3.05) is 11.9 Å². The van der Waals surface area contributed by atoms with Crippen LogP contribution in [0, 0.1) is 11.8 Å². The highest BCUT2D eigenvalue weighted by Crippen LogP contribution is 2.31. The van der Waals surface area contributed by atoms with E-state index < -0.39 is 5.97 Å². The summed E-state index contributed by atoms with van der Waals surface area (Å²) in [4.78, 5) is 17.4. The fourth-order valence-corrected chi connectivity index (χ4v) is 4.61. The van der Waals surface area contributed by atoms with Crippen molar-refractivity contribution in [3.05, 3.63) is 71.4 Å². The zero-order valence-corrected chi connectivity index (χ0v) is 20.6. The first-order valence-corrected chi connectivity index (χ1v) is 12.7. The Balaban J connectivity index is 1.45. The molecule has 180 valence electrons. The molecule has 0 unspecified atom stereocenters. The van der Waals surface area contributed by atoms with E-state index in [1.807, 2.05) is 52.5 Å². The number of carboxylic acids is 1. The molecule has 1 fully saturated rings. The summed E-state index contributed by atoms with van der Waals surface area (Å²) >= 11 is 1.55. The molecule has 0 radical (unpaired) electrons. The molecule has 1 saturated carbocycles. The number of pyridine rings is 1. The van der Waals surface area contributed by atoms with Gasteiger partial charge >= 0.3 is 5.97 Å². The van der Waals surface area contributed by atoms with Gasteiger partial charge in [0.1, 0.15) is 17.1 Å². The largest absolute Gasteiger partial charge is 0.493 e. The quantitative estimate of drug-likeness (QED) is 0.268. The zero-order valence-electron chi connectivity index (χ0n) is 19.8. The van der Waals surface area contributed by atoms with Crippen molar-refractivity contribution in [3.63, 3.8) is 0 Å². The standard InChI is InChI=1S/C27H28N4O3S/c1-17(2)11-21-14-25(30-31(21)20-5-3-6-22(13-20)34-16-18-8-9-18)29-26-23(27(32)33)12-19(15-28-26)24-7-4-10-35-24/h3-7,10,12-15,17-18H,8-9,11,16H2,1-2H3,(H,32,33)(H,28,29,30). The number of nitrogens with zero attached hydrogens (tertiary/aromatic N) is 3. The number of aromatic carboxylic acids is 1. The monoisotopic (exact) mass is 488 g/mol. The van der Waals surface area contributed by atoms with Crippen LogP contribution in [0.5, 0.6) is 5.75 Å². The van der Waals surface area contributed by atoms with Gasteiger partial charge in [-0.05, 0) is 60.7 Å². The molecule has 35 heavy (non-hydrogen) atoms. The van der Waals surface area contributed by atoms with E-state index in [-0.39, 0.29) is 11.4 Å². The molecule has 4 aromatic rings. The topological polar surface area (TPSA) is 89.3 Å². The molecule has 2 N–H and O–H groups in total. The van der Waals surface area contributed by atoms with E-state index in [0.717, 1.165) is 40.6 Å². The lowest BCUT2D eigenvalue weighted by Gasteiger charge is -2.11. The maximum Gasteiger partial charge on any atom is 0.339 e. The van der Waals surface area contributed by atoms with Gasteiger partial charge in [-0.2, -0.15) is 0 Å². The van der Waals surface area contributed by atoms with E-state index >= 15 is 0 Å². The number of carboxylic acid groups (broad SMARTS) is 1. The first-order chi connectivity index (χ1) is 17.0. The zero-order chi connectivity index (χ0) is 24.4. The summed E-state index contributed by atoms with van der Waals surface area (Å²) in [5.41, 5.74) is 2.80. The van der Waals surface area contributed by atoms with Gasteiger partial charge in [0, 0.05) is 34.5 Å². The van der Waals surface area contributed by atoms with E-state index in [4.69, 9.17) is 9.84 Å². The molecule has 3 aromatic heterocycles. The average Bonchev–Trinajstić information content (AvgIpc) is 3.34. The summed E-state index contributed by atoms with van der Waals surface area (Å²) in [5, 5.41) is 19.7. The molecule has 0 saturated heterocycles. The molecule has 8 heteroatoms. The Morgan fingerprint density at radius 1 is 1.23 bits per heavy atom. The minimum Gasteiger partial charge on any atom is -0.493 e. The fourth-order valence-electron chi connectivity index (χ4n) is 3.90. The summed E-state index contributed by atoms with van der Waals surface area (Å²) in [7, 11) is 0. The summed E-state index contributed by atoms with van der Waals surface area (Å²) in [6.07, 6.45) is 4.99. The second kappa shape index (κ2) is 9.92. The van der Waals surface area contributed by atoms with Crippen molar-refractivity contribution in [1.29, 1.82) is 0 Å². The van der Waals surface area contributed by atoms with Crippen molar-refractivity contribution < 1.29 is 14.6 Å².